The summed E-state index contributed by atoms with van der Waals surface area (Å²) in [6, 6.07) is 13.4. The second-order valence-electron chi connectivity index (χ2n) is 3.67. The molecule has 0 aliphatic carbocycles. The molecule has 0 spiro atoms. The van der Waals surface area contributed by atoms with Gasteiger partial charge in [0.1, 0.15) is 11.4 Å². The van der Waals surface area contributed by atoms with Crippen molar-refractivity contribution in [2.45, 2.75) is 6.92 Å². The van der Waals surface area contributed by atoms with E-state index in [0.29, 0.717) is 11.4 Å². The fraction of sp³-hybridized carbons (Fsp3) is 0.143. The van der Waals surface area contributed by atoms with E-state index in [1.54, 1.807) is 6.07 Å². The summed E-state index contributed by atoms with van der Waals surface area (Å²) in [5, 5.41) is 0. The van der Waals surface area contributed by atoms with Crippen molar-refractivity contribution < 1.29 is 9.53 Å². The van der Waals surface area contributed by atoms with E-state index in [2.05, 4.69) is 4.98 Å². The quantitative estimate of drug-likeness (QED) is 0.757. The second-order valence-corrected chi connectivity index (χ2v) is 3.67. The first-order valence-corrected chi connectivity index (χ1v) is 5.34. The first-order valence-electron chi connectivity index (χ1n) is 5.34. The van der Waals surface area contributed by atoms with Crippen molar-refractivity contribution in [1.82, 2.24) is 4.98 Å². The number of carbonyl (C=O) groups excluding carboxylic acids is 1. The van der Waals surface area contributed by atoms with E-state index in [0.717, 1.165) is 11.3 Å². The third kappa shape index (κ3) is 2.33. The summed E-state index contributed by atoms with van der Waals surface area (Å²) in [4.78, 5) is 15.8. The Morgan fingerprint density at radius 1 is 1.12 bits per heavy atom. The van der Waals surface area contributed by atoms with Crippen molar-refractivity contribution >= 4 is 5.78 Å². The molecule has 2 rings (SSSR count). The van der Waals surface area contributed by atoms with Crippen molar-refractivity contribution in [3.63, 3.8) is 0 Å². The fourth-order valence-corrected chi connectivity index (χ4v) is 1.63. The normalized spacial score (nSPS) is 10.0. The molecule has 0 atom stereocenters. The van der Waals surface area contributed by atoms with Crippen LogP contribution >= 0.6 is 0 Å². The van der Waals surface area contributed by atoms with Gasteiger partial charge in [0, 0.05) is 12.5 Å². The highest BCUT2D eigenvalue weighted by atomic mass is 16.5. The summed E-state index contributed by atoms with van der Waals surface area (Å²) in [6.45, 7) is 1.49. The number of benzene rings is 1. The van der Waals surface area contributed by atoms with Crippen LogP contribution in [0.1, 0.15) is 17.4 Å². The lowest BCUT2D eigenvalue weighted by Crippen LogP contribution is -2.02. The third-order valence-electron chi connectivity index (χ3n) is 2.48. The van der Waals surface area contributed by atoms with Gasteiger partial charge in [0.25, 0.3) is 0 Å². The summed E-state index contributed by atoms with van der Waals surface area (Å²) in [5.74, 6) is 0.414. The third-order valence-corrected chi connectivity index (χ3v) is 2.48. The average molecular weight is 227 g/mol. The van der Waals surface area contributed by atoms with Crippen LogP contribution < -0.4 is 4.74 Å². The summed E-state index contributed by atoms with van der Waals surface area (Å²) in [6.07, 6.45) is 0. The number of carbonyl (C=O) groups is 1. The van der Waals surface area contributed by atoms with Crippen LogP contribution in [0.4, 0.5) is 0 Å². The zero-order valence-corrected chi connectivity index (χ0v) is 9.81. The molecule has 0 radical (unpaired) electrons. The second kappa shape index (κ2) is 4.78. The average Bonchev–Trinajstić information content (AvgIpc) is 2.39. The molecule has 0 amide bonds. The molecule has 0 saturated carbocycles. The number of ether oxygens (including phenoxy) is 1. The molecule has 1 heterocycles. The number of Topliss-reactive ketones (excluding diaryl/α,β-unsaturated/α-hetero) is 1. The van der Waals surface area contributed by atoms with Crippen LogP contribution in [0, 0.1) is 0 Å². The van der Waals surface area contributed by atoms with E-state index < -0.39 is 0 Å². The van der Waals surface area contributed by atoms with Gasteiger partial charge in [0.2, 0.25) is 0 Å². The smallest absolute Gasteiger partial charge is 0.181 e. The van der Waals surface area contributed by atoms with Gasteiger partial charge in [0.15, 0.2) is 5.78 Å². The molecule has 3 heteroatoms. The van der Waals surface area contributed by atoms with Gasteiger partial charge in [-0.25, -0.2) is 4.98 Å². The molecule has 0 unspecified atom stereocenters. The standard InChI is InChI=1S/C14H13NO2/c1-10(16)14-13(17-2)9-8-12(15-14)11-6-4-3-5-7-11/h3-9H,1-2H3. The molecule has 0 N–H and O–H groups in total. The Bertz CT molecular complexity index is 535. The van der Waals surface area contributed by atoms with Crippen molar-refractivity contribution in [2.75, 3.05) is 7.11 Å². The van der Waals surface area contributed by atoms with Crippen molar-refractivity contribution in [1.29, 1.82) is 0 Å². The number of methoxy groups -OCH3 is 1. The number of aromatic nitrogens is 1. The lowest BCUT2D eigenvalue weighted by molar-refractivity contribution is 0.101. The predicted molar refractivity (Wildman–Crippen MR) is 66.2 cm³/mol. The van der Waals surface area contributed by atoms with Crippen molar-refractivity contribution in [3.8, 4) is 17.0 Å². The molecule has 17 heavy (non-hydrogen) atoms. The van der Waals surface area contributed by atoms with Gasteiger partial charge in [-0.05, 0) is 12.1 Å². The number of ketones is 1. The maximum atomic E-state index is 11.5. The number of hydrogen-bond acceptors (Lipinski definition) is 3. The van der Waals surface area contributed by atoms with Gasteiger partial charge in [-0.3, -0.25) is 4.79 Å². The highest BCUT2D eigenvalue weighted by molar-refractivity contribution is 5.95. The summed E-state index contributed by atoms with van der Waals surface area (Å²) < 4.78 is 5.11. The van der Waals surface area contributed by atoms with Gasteiger partial charge in [-0.1, -0.05) is 30.3 Å². The van der Waals surface area contributed by atoms with Crippen molar-refractivity contribution in [2.24, 2.45) is 0 Å². The lowest BCUT2D eigenvalue weighted by Gasteiger charge is -2.07. The van der Waals surface area contributed by atoms with Crippen LogP contribution in [-0.2, 0) is 0 Å². The van der Waals surface area contributed by atoms with E-state index >= 15 is 0 Å². The van der Waals surface area contributed by atoms with Crippen LogP contribution in [0.3, 0.4) is 0 Å². The molecule has 86 valence electrons. The summed E-state index contributed by atoms with van der Waals surface area (Å²) in [5.41, 5.74) is 2.13. The topological polar surface area (TPSA) is 39.2 Å². The lowest BCUT2D eigenvalue weighted by atomic mass is 10.1. The fourth-order valence-electron chi connectivity index (χ4n) is 1.63. The van der Waals surface area contributed by atoms with Crippen LogP contribution in [-0.4, -0.2) is 17.9 Å². The first-order chi connectivity index (χ1) is 8.22. The van der Waals surface area contributed by atoms with E-state index in [-0.39, 0.29) is 5.78 Å². The number of hydrogen-bond donors (Lipinski definition) is 0. The Hall–Kier alpha value is -2.16. The van der Waals surface area contributed by atoms with E-state index in [1.807, 2.05) is 36.4 Å². The molecule has 0 saturated heterocycles. The highest BCUT2D eigenvalue weighted by Gasteiger charge is 2.11. The van der Waals surface area contributed by atoms with Crippen LogP contribution in [0.15, 0.2) is 42.5 Å². The molecular formula is C14H13NO2. The molecule has 1 aromatic heterocycles. The maximum Gasteiger partial charge on any atom is 0.181 e. The SMILES string of the molecule is COc1ccc(-c2ccccc2)nc1C(C)=O. The van der Waals surface area contributed by atoms with Gasteiger partial charge in [-0.2, -0.15) is 0 Å². The zero-order chi connectivity index (χ0) is 12.3. The van der Waals surface area contributed by atoms with Gasteiger partial charge in [-0.15, -0.1) is 0 Å². The number of nitrogens with zero attached hydrogens (tertiary/aromatic N) is 1. The van der Waals surface area contributed by atoms with Gasteiger partial charge in [0.05, 0.1) is 12.8 Å². The minimum atomic E-state index is -0.0976. The first kappa shape index (κ1) is 11.3. The van der Waals surface area contributed by atoms with Crippen LogP contribution in [0.25, 0.3) is 11.3 Å². The molecule has 1 aromatic carbocycles. The maximum absolute atomic E-state index is 11.5. The van der Waals surface area contributed by atoms with E-state index in [1.165, 1.54) is 14.0 Å². The number of rotatable bonds is 3. The highest BCUT2D eigenvalue weighted by Crippen LogP contribution is 2.23. The minimum Gasteiger partial charge on any atom is -0.494 e. The van der Waals surface area contributed by atoms with Gasteiger partial charge < -0.3 is 4.74 Å². The Labute approximate surface area is 100 Å². The zero-order valence-electron chi connectivity index (χ0n) is 9.81. The molecule has 3 nitrogen and oxygen atoms in total. The van der Waals surface area contributed by atoms with Crippen LogP contribution in [0.5, 0.6) is 5.75 Å². The molecule has 0 bridgehead atoms. The Kier molecular flexibility index (Phi) is 3.19. The summed E-state index contributed by atoms with van der Waals surface area (Å²) >= 11 is 0. The predicted octanol–water partition coefficient (Wildman–Crippen LogP) is 2.96. The monoisotopic (exact) mass is 227 g/mol. The Balaban J connectivity index is 2.51. The molecule has 2 aromatic rings. The Morgan fingerprint density at radius 2 is 1.82 bits per heavy atom. The van der Waals surface area contributed by atoms with Gasteiger partial charge >= 0.3 is 0 Å². The molecule has 0 aliphatic rings. The van der Waals surface area contributed by atoms with Crippen molar-refractivity contribution in [3.05, 3.63) is 48.2 Å². The van der Waals surface area contributed by atoms with E-state index in [9.17, 15) is 4.79 Å². The minimum absolute atomic E-state index is 0.0976. The summed E-state index contributed by atoms with van der Waals surface area (Å²) in [7, 11) is 1.53. The van der Waals surface area contributed by atoms with E-state index in [4.69, 9.17) is 4.74 Å². The molecular weight excluding hydrogens is 214 g/mol. The molecule has 0 aliphatic heterocycles. The van der Waals surface area contributed by atoms with Crippen LogP contribution in [0.2, 0.25) is 0 Å². The largest absolute Gasteiger partial charge is 0.494 e. The Morgan fingerprint density at radius 3 is 2.41 bits per heavy atom. The number of pyridine rings is 1. The molecule has 0 fully saturated rings.